The molecule has 0 saturated heterocycles. The summed E-state index contributed by atoms with van der Waals surface area (Å²) >= 11 is 0. The fourth-order valence-corrected chi connectivity index (χ4v) is 2.74. The number of nitrogens with zero attached hydrogens (tertiary/aromatic N) is 2. The number of methoxy groups -OCH3 is 1. The lowest BCUT2D eigenvalue weighted by molar-refractivity contribution is 0.0601. The van der Waals surface area contributed by atoms with E-state index < -0.39 is 0 Å². The normalized spacial score (nSPS) is 10.9. The van der Waals surface area contributed by atoms with Crippen molar-refractivity contribution in [3.63, 3.8) is 0 Å². The van der Waals surface area contributed by atoms with Crippen LogP contribution in [0, 0.1) is 0 Å². The molecule has 0 unspecified atom stereocenters. The van der Waals surface area contributed by atoms with Crippen molar-refractivity contribution in [3.8, 4) is 11.4 Å². The van der Waals surface area contributed by atoms with E-state index in [-0.39, 0.29) is 5.97 Å². The number of hydrogen-bond donors (Lipinski definition) is 0. The average molecular weight is 308 g/mol. The molecule has 2 aromatic carbocycles. The molecule has 0 N–H and O–H groups in total. The van der Waals surface area contributed by atoms with Crippen LogP contribution in [0.4, 0.5) is 0 Å². The zero-order valence-electron chi connectivity index (χ0n) is 13.5. The van der Waals surface area contributed by atoms with Gasteiger partial charge in [0.1, 0.15) is 5.82 Å². The van der Waals surface area contributed by atoms with Crippen LogP contribution in [-0.4, -0.2) is 22.6 Å². The zero-order chi connectivity index (χ0) is 16.2. The highest BCUT2D eigenvalue weighted by atomic mass is 16.5. The first-order chi connectivity index (χ1) is 11.2. The Morgan fingerprint density at radius 1 is 1.17 bits per heavy atom. The zero-order valence-corrected chi connectivity index (χ0v) is 13.5. The molecule has 0 atom stereocenters. The SMILES string of the molecule is CCCCn1c(-c2cccc(C(=O)OC)c2)nc2ccccc21. The monoisotopic (exact) mass is 308 g/mol. The standard InChI is InChI=1S/C19H20N2O2/c1-3-4-12-21-17-11-6-5-10-16(17)20-18(21)14-8-7-9-15(13-14)19(22)23-2/h5-11,13H,3-4,12H2,1-2H3. The molecule has 4 heteroatoms. The van der Waals surface area contributed by atoms with E-state index >= 15 is 0 Å². The fraction of sp³-hybridized carbons (Fsp3) is 0.263. The van der Waals surface area contributed by atoms with Gasteiger partial charge in [-0.2, -0.15) is 0 Å². The van der Waals surface area contributed by atoms with E-state index in [9.17, 15) is 4.79 Å². The largest absolute Gasteiger partial charge is 0.465 e. The van der Waals surface area contributed by atoms with Gasteiger partial charge in [0.05, 0.1) is 23.7 Å². The molecule has 3 aromatic rings. The van der Waals surface area contributed by atoms with Crippen molar-refractivity contribution in [2.75, 3.05) is 7.11 Å². The van der Waals surface area contributed by atoms with Gasteiger partial charge in [-0.25, -0.2) is 9.78 Å². The molecule has 0 aliphatic rings. The quantitative estimate of drug-likeness (QED) is 0.660. The Hall–Kier alpha value is -2.62. The molecule has 4 nitrogen and oxygen atoms in total. The minimum atomic E-state index is -0.330. The van der Waals surface area contributed by atoms with Gasteiger partial charge in [0.25, 0.3) is 0 Å². The lowest BCUT2D eigenvalue weighted by Gasteiger charge is -2.09. The van der Waals surface area contributed by atoms with Gasteiger partial charge < -0.3 is 9.30 Å². The van der Waals surface area contributed by atoms with E-state index in [4.69, 9.17) is 9.72 Å². The van der Waals surface area contributed by atoms with Gasteiger partial charge in [-0.3, -0.25) is 0 Å². The number of carbonyl (C=O) groups is 1. The van der Waals surface area contributed by atoms with E-state index in [2.05, 4.69) is 17.6 Å². The molecule has 3 rings (SSSR count). The number of ether oxygens (including phenoxy) is 1. The maximum Gasteiger partial charge on any atom is 0.337 e. The van der Waals surface area contributed by atoms with E-state index in [1.54, 1.807) is 6.07 Å². The number of aromatic nitrogens is 2. The summed E-state index contributed by atoms with van der Waals surface area (Å²) in [6, 6.07) is 15.6. The molecule has 23 heavy (non-hydrogen) atoms. The average Bonchev–Trinajstić information content (AvgIpc) is 2.98. The molecular formula is C19H20N2O2. The van der Waals surface area contributed by atoms with Crippen LogP contribution in [0.1, 0.15) is 30.1 Å². The molecule has 1 aromatic heterocycles. The Morgan fingerprint density at radius 3 is 2.78 bits per heavy atom. The van der Waals surface area contributed by atoms with Gasteiger partial charge in [0.2, 0.25) is 0 Å². The number of unbranched alkanes of at least 4 members (excludes halogenated alkanes) is 1. The molecule has 0 saturated carbocycles. The number of fused-ring (bicyclic) bond motifs is 1. The van der Waals surface area contributed by atoms with Crippen molar-refractivity contribution in [1.82, 2.24) is 9.55 Å². The molecule has 0 spiro atoms. The Morgan fingerprint density at radius 2 is 2.00 bits per heavy atom. The van der Waals surface area contributed by atoms with Crippen LogP contribution in [0.15, 0.2) is 48.5 Å². The Bertz CT molecular complexity index is 836. The molecule has 0 radical (unpaired) electrons. The molecule has 118 valence electrons. The van der Waals surface area contributed by atoms with Crippen LogP contribution >= 0.6 is 0 Å². The van der Waals surface area contributed by atoms with Crippen LogP contribution < -0.4 is 0 Å². The third-order valence-corrected chi connectivity index (χ3v) is 3.93. The molecular weight excluding hydrogens is 288 g/mol. The van der Waals surface area contributed by atoms with Gasteiger partial charge in [0.15, 0.2) is 0 Å². The molecule has 0 aliphatic carbocycles. The first-order valence-electron chi connectivity index (χ1n) is 7.88. The first-order valence-corrected chi connectivity index (χ1v) is 7.88. The van der Waals surface area contributed by atoms with Gasteiger partial charge in [0, 0.05) is 12.1 Å². The molecule has 0 bridgehead atoms. The third kappa shape index (κ3) is 2.97. The lowest BCUT2D eigenvalue weighted by atomic mass is 10.1. The number of rotatable bonds is 5. The number of para-hydroxylation sites is 2. The molecule has 0 fully saturated rings. The predicted molar refractivity (Wildman–Crippen MR) is 91.4 cm³/mol. The maximum atomic E-state index is 11.8. The van der Waals surface area contributed by atoms with Crippen LogP contribution in [0.25, 0.3) is 22.4 Å². The topological polar surface area (TPSA) is 44.1 Å². The lowest BCUT2D eigenvalue weighted by Crippen LogP contribution is -2.03. The smallest absolute Gasteiger partial charge is 0.337 e. The number of carbonyl (C=O) groups excluding carboxylic acids is 1. The van der Waals surface area contributed by atoms with Crippen molar-refractivity contribution in [1.29, 1.82) is 0 Å². The number of imidazole rings is 1. The van der Waals surface area contributed by atoms with Gasteiger partial charge in [-0.05, 0) is 30.7 Å². The summed E-state index contributed by atoms with van der Waals surface area (Å²) in [4.78, 5) is 16.5. The Labute approximate surface area is 135 Å². The summed E-state index contributed by atoms with van der Waals surface area (Å²) < 4.78 is 7.05. The van der Waals surface area contributed by atoms with Gasteiger partial charge in [-0.15, -0.1) is 0 Å². The van der Waals surface area contributed by atoms with Crippen LogP contribution in [-0.2, 0) is 11.3 Å². The molecule has 1 heterocycles. The van der Waals surface area contributed by atoms with E-state index in [1.807, 2.05) is 36.4 Å². The van der Waals surface area contributed by atoms with E-state index in [1.165, 1.54) is 7.11 Å². The van der Waals surface area contributed by atoms with Crippen molar-refractivity contribution in [2.24, 2.45) is 0 Å². The molecule has 0 amide bonds. The second-order valence-corrected chi connectivity index (χ2v) is 5.50. The summed E-state index contributed by atoms with van der Waals surface area (Å²) in [5, 5.41) is 0. The number of esters is 1. The van der Waals surface area contributed by atoms with Crippen LogP contribution in [0.5, 0.6) is 0 Å². The summed E-state index contributed by atoms with van der Waals surface area (Å²) in [5.41, 5.74) is 3.57. The minimum Gasteiger partial charge on any atom is -0.465 e. The minimum absolute atomic E-state index is 0.330. The van der Waals surface area contributed by atoms with E-state index in [0.29, 0.717) is 5.56 Å². The van der Waals surface area contributed by atoms with Crippen molar-refractivity contribution < 1.29 is 9.53 Å². The van der Waals surface area contributed by atoms with Crippen LogP contribution in [0.3, 0.4) is 0 Å². The first kappa shape index (κ1) is 15.3. The van der Waals surface area contributed by atoms with Crippen LogP contribution in [0.2, 0.25) is 0 Å². The van der Waals surface area contributed by atoms with Crippen molar-refractivity contribution >= 4 is 17.0 Å². The highest BCUT2D eigenvalue weighted by Crippen LogP contribution is 2.26. The number of benzene rings is 2. The number of hydrogen-bond acceptors (Lipinski definition) is 3. The third-order valence-electron chi connectivity index (χ3n) is 3.93. The molecule has 0 aliphatic heterocycles. The maximum absolute atomic E-state index is 11.8. The fourth-order valence-electron chi connectivity index (χ4n) is 2.74. The highest BCUT2D eigenvalue weighted by molar-refractivity contribution is 5.91. The van der Waals surface area contributed by atoms with E-state index in [0.717, 1.165) is 41.8 Å². The van der Waals surface area contributed by atoms with Crippen molar-refractivity contribution in [2.45, 2.75) is 26.3 Å². The second-order valence-electron chi connectivity index (χ2n) is 5.50. The van der Waals surface area contributed by atoms with Gasteiger partial charge in [-0.1, -0.05) is 37.6 Å². The Kier molecular flexibility index (Phi) is 4.42. The highest BCUT2D eigenvalue weighted by Gasteiger charge is 2.14. The summed E-state index contributed by atoms with van der Waals surface area (Å²) in [6.07, 6.45) is 2.21. The second kappa shape index (κ2) is 6.65. The number of aryl methyl sites for hydroxylation is 1. The van der Waals surface area contributed by atoms with Crippen molar-refractivity contribution in [3.05, 3.63) is 54.1 Å². The summed E-state index contributed by atoms with van der Waals surface area (Å²) in [5.74, 6) is 0.563. The summed E-state index contributed by atoms with van der Waals surface area (Å²) in [6.45, 7) is 3.09. The van der Waals surface area contributed by atoms with Gasteiger partial charge >= 0.3 is 5.97 Å². The predicted octanol–water partition coefficient (Wildman–Crippen LogP) is 4.29. The summed E-state index contributed by atoms with van der Waals surface area (Å²) in [7, 11) is 1.39. The Balaban J connectivity index is 2.13.